The van der Waals surface area contributed by atoms with Crippen LogP contribution in [0.1, 0.15) is 22.8 Å². The van der Waals surface area contributed by atoms with E-state index in [2.05, 4.69) is 20.7 Å². The van der Waals surface area contributed by atoms with Gasteiger partial charge in [0.1, 0.15) is 11.3 Å². The number of benzene rings is 2. The Labute approximate surface area is 164 Å². The van der Waals surface area contributed by atoms with Gasteiger partial charge >= 0.3 is 5.76 Å². The number of hydrogen-bond acceptors (Lipinski definition) is 7. The second kappa shape index (κ2) is 7.19. The maximum atomic E-state index is 14.1. The number of nitrogens with zero attached hydrogens (tertiary/aromatic N) is 3. The molecule has 2 aromatic carbocycles. The van der Waals surface area contributed by atoms with Crippen molar-refractivity contribution in [1.82, 2.24) is 14.6 Å². The van der Waals surface area contributed by atoms with Gasteiger partial charge in [0.15, 0.2) is 17.2 Å². The molecule has 0 aliphatic carbocycles. The van der Waals surface area contributed by atoms with Crippen LogP contribution in [0.4, 0.5) is 21.8 Å². The molecule has 9 heteroatoms. The lowest BCUT2D eigenvalue weighted by atomic mass is 10.1. The molecular weight excluding hydrogens is 377 g/mol. The van der Waals surface area contributed by atoms with E-state index in [-0.39, 0.29) is 17.4 Å². The summed E-state index contributed by atoms with van der Waals surface area (Å²) >= 11 is 0. The molecule has 0 atom stereocenters. The third-order valence-electron chi connectivity index (χ3n) is 4.29. The van der Waals surface area contributed by atoms with E-state index in [1.165, 1.54) is 36.0 Å². The first-order valence-corrected chi connectivity index (χ1v) is 8.71. The highest BCUT2D eigenvalue weighted by atomic mass is 19.1. The standard InChI is InChI=1S/C20H16FN5O3/c1-11-10-22-19(23-15-9-13(12(2)27)7-8-14(15)21)24-18(11)25-26-16-5-3-4-6-17(16)29-20(26)28/h3-10H,1-2H3,(H2,22,23,24,25). The molecule has 0 amide bonds. The van der Waals surface area contributed by atoms with Gasteiger partial charge in [0, 0.05) is 17.3 Å². The minimum absolute atomic E-state index is 0.0680. The fourth-order valence-corrected chi connectivity index (χ4v) is 2.75. The zero-order valence-corrected chi connectivity index (χ0v) is 15.6. The van der Waals surface area contributed by atoms with Crippen LogP contribution in [-0.2, 0) is 0 Å². The van der Waals surface area contributed by atoms with Crippen LogP contribution in [0.25, 0.3) is 11.1 Å². The maximum absolute atomic E-state index is 14.1. The van der Waals surface area contributed by atoms with Gasteiger partial charge in [-0.25, -0.2) is 14.2 Å². The summed E-state index contributed by atoms with van der Waals surface area (Å²) in [6, 6.07) is 10.9. The van der Waals surface area contributed by atoms with Gasteiger partial charge < -0.3 is 9.73 Å². The molecule has 0 radical (unpaired) electrons. The van der Waals surface area contributed by atoms with E-state index in [0.717, 1.165) is 0 Å². The lowest BCUT2D eigenvalue weighted by Crippen LogP contribution is -2.23. The Morgan fingerprint density at radius 3 is 2.79 bits per heavy atom. The second-order valence-corrected chi connectivity index (χ2v) is 6.38. The van der Waals surface area contributed by atoms with Crippen molar-refractivity contribution in [3.8, 4) is 0 Å². The van der Waals surface area contributed by atoms with Crippen LogP contribution in [0.2, 0.25) is 0 Å². The van der Waals surface area contributed by atoms with Gasteiger partial charge in [-0.15, -0.1) is 0 Å². The van der Waals surface area contributed by atoms with Crippen LogP contribution < -0.4 is 16.5 Å². The Balaban J connectivity index is 1.68. The van der Waals surface area contributed by atoms with Crippen molar-refractivity contribution in [3.05, 3.63) is 76.2 Å². The van der Waals surface area contributed by atoms with Crippen molar-refractivity contribution in [2.24, 2.45) is 0 Å². The van der Waals surface area contributed by atoms with Gasteiger partial charge in [-0.3, -0.25) is 10.2 Å². The Morgan fingerprint density at radius 1 is 1.21 bits per heavy atom. The molecule has 0 saturated carbocycles. The minimum Gasteiger partial charge on any atom is -0.406 e. The molecule has 0 unspecified atom stereocenters. The molecule has 146 valence electrons. The van der Waals surface area contributed by atoms with E-state index < -0.39 is 11.6 Å². The monoisotopic (exact) mass is 393 g/mol. The van der Waals surface area contributed by atoms with Gasteiger partial charge in [0.25, 0.3) is 0 Å². The molecule has 4 rings (SSSR count). The largest absolute Gasteiger partial charge is 0.439 e. The molecule has 2 heterocycles. The summed E-state index contributed by atoms with van der Waals surface area (Å²) < 4.78 is 20.5. The van der Waals surface area contributed by atoms with Gasteiger partial charge in [-0.1, -0.05) is 12.1 Å². The second-order valence-electron chi connectivity index (χ2n) is 6.38. The predicted octanol–water partition coefficient (Wildman–Crippen LogP) is 3.65. The fraction of sp³-hybridized carbons (Fsp3) is 0.100. The van der Waals surface area contributed by atoms with Crippen molar-refractivity contribution < 1.29 is 13.6 Å². The Morgan fingerprint density at radius 2 is 2.00 bits per heavy atom. The van der Waals surface area contributed by atoms with Crippen LogP contribution >= 0.6 is 0 Å². The lowest BCUT2D eigenvalue weighted by Gasteiger charge is -2.12. The minimum atomic E-state index is -0.598. The van der Waals surface area contributed by atoms with Crippen molar-refractivity contribution in [2.75, 3.05) is 10.7 Å². The average Bonchev–Trinajstić information content (AvgIpc) is 3.01. The third-order valence-corrected chi connectivity index (χ3v) is 4.29. The number of para-hydroxylation sites is 2. The summed E-state index contributed by atoms with van der Waals surface area (Å²) in [6.07, 6.45) is 1.53. The molecule has 29 heavy (non-hydrogen) atoms. The number of halogens is 1. The van der Waals surface area contributed by atoms with E-state index in [9.17, 15) is 14.0 Å². The quantitative estimate of drug-likeness (QED) is 0.499. The number of aryl methyl sites for hydroxylation is 1. The summed E-state index contributed by atoms with van der Waals surface area (Å²) in [4.78, 5) is 32.2. The van der Waals surface area contributed by atoms with E-state index >= 15 is 0 Å². The number of oxazole rings is 1. The lowest BCUT2D eigenvalue weighted by molar-refractivity contribution is 0.101. The van der Waals surface area contributed by atoms with E-state index in [1.807, 2.05) is 0 Å². The van der Waals surface area contributed by atoms with Crippen LogP contribution in [0.15, 0.2) is 57.9 Å². The fourth-order valence-electron chi connectivity index (χ4n) is 2.75. The topological polar surface area (TPSA) is 102 Å². The highest BCUT2D eigenvalue weighted by Gasteiger charge is 2.13. The normalized spacial score (nSPS) is 10.9. The summed E-state index contributed by atoms with van der Waals surface area (Å²) in [5, 5.41) is 2.77. The zero-order valence-electron chi connectivity index (χ0n) is 15.6. The molecule has 0 fully saturated rings. The van der Waals surface area contributed by atoms with Crippen LogP contribution in [-0.4, -0.2) is 20.4 Å². The molecule has 0 saturated heterocycles. The molecule has 8 nitrogen and oxygen atoms in total. The van der Waals surface area contributed by atoms with E-state index in [4.69, 9.17) is 4.42 Å². The van der Waals surface area contributed by atoms with Crippen LogP contribution in [0, 0.1) is 12.7 Å². The summed E-state index contributed by atoms with van der Waals surface area (Å²) in [6.45, 7) is 3.16. The average molecular weight is 393 g/mol. The number of Topliss-reactive ketones (excluding diaryl/α,β-unsaturated/α-hetero) is 1. The number of fused-ring (bicyclic) bond motifs is 1. The Hall–Kier alpha value is -4.01. The zero-order chi connectivity index (χ0) is 20.5. The Bertz CT molecular complexity index is 1300. The summed E-state index contributed by atoms with van der Waals surface area (Å²) in [7, 11) is 0. The number of ketones is 1. The smallest absolute Gasteiger partial charge is 0.406 e. The summed E-state index contributed by atoms with van der Waals surface area (Å²) in [5.74, 6) is -0.908. The molecule has 2 aromatic heterocycles. The number of rotatable bonds is 5. The van der Waals surface area contributed by atoms with Gasteiger partial charge in [0.05, 0.1) is 5.69 Å². The van der Waals surface area contributed by atoms with Crippen molar-refractivity contribution in [2.45, 2.75) is 13.8 Å². The third kappa shape index (κ3) is 3.57. The number of carbonyl (C=O) groups excluding carboxylic acids is 1. The maximum Gasteiger partial charge on any atom is 0.439 e. The molecule has 0 aliphatic heterocycles. The SMILES string of the molecule is CC(=O)c1ccc(F)c(Nc2ncc(C)c(Nn3c(=O)oc4ccccc43)n2)c1. The van der Waals surface area contributed by atoms with Crippen molar-refractivity contribution >= 4 is 34.3 Å². The van der Waals surface area contributed by atoms with Gasteiger partial charge in [-0.05, 0) is 44.2 Å². The first-order chi connectivity index (χ1) is 13.9. The Kier molecular flexibility index (Phi) is 4.55. The van der Waals surface area contributed by atoms with Gasteiger partial charge in [-0.2, -0.15) is 9.66 Å². The molecule has 4 aromatic rings. The first kappa shape index (κ1) is 18.4. The number of anilines is 3. The van der Waals surface area contributed by atoms with E-state index in [1.54, 1.807) is 31.2 Å². The number of carbonyl (C=O) groups is 1. The van der Waals surface area contributed by atoms with Crippen molar-refractivity contribution in [3.63, 3.8) is 0 Å². The molecule has 0 spiro atoms. The van der Waals surface area contributed by atoms with Gasteiger partial charge in [0.2, 0.25) is 5.95 Å². The van der Waals surface area contributed by atoms with Crippen LogP contribution in [0.3, 0.4) is 0 Å². The highest BCUT2D eigenvalue weighted by molar-refractivity contribution is 5.95. The predicted molar refractivity (Wildman–Crippen MR) is 106 cm³/mol. The van der Waals surface area contributed by atoms with E-state index in [0.29, 0.717) is 28.0 Å². The molecular formula is C20H16FN5O3. The molecule has 2 N–H and O–H groups in total. The number of nitrogens with one attached hydrogen (secondary N) is 2. The molecule has 0 bridgehead atoms. The van der Waals surface area contributed by atoms with Crippen LogP contribution in [0.5, 0.6) is 0 Å². The first-order valence-electron chi connectivity index (χ1n) is 8.71. The number of aromatic nitrogens is 3. The molecule has 0 aliphatic rings. The van der Waals surface area contributed by atoms with Crippen molar-refractivity contribution in [1.29, 1.82) is 0 Å². The highest BCUT2D eigenvalue weighted by Crippen LogP contribution is 2.22. The number of hydrogen-bond donors (Lipinski definition) is 2. The summed E-state index contributed by atoms with van der Waals surface area (Å²) in [5.41, 5.74) is 4.96.